The predicted molar refractivity (Wildman–Crippen MR) is 68.3 cm³/mol. The number of anilines is 1. The molecule has 9 heteroatoms. The minimum absolute atomic E-state index is 0.0148. The summed E-state index contributed by atoms with van der Waals surface area (Å²) in [6.07, 6.45) is 3.18. The number of H-pyrrole nitrogens is 1. The second-order valence-corrected chi connectivity index (χ2v) is 4.55. The van der Waals surface area contributed by atoms with Crippen molar-refractivity contribution in [1.29, 1.82) is 0 Å². The number of hydrogen-bond donors (Lipinski definition) is 2. The molecule has 19 heavy (non-hydrogen) atoms. The molecule has 3 rings (SSSR count). The van der Waals surface area contributed by atoms with Crippen molar-refractivity contribution in [3.05, 3.63) is 29.9 Å². The van der Waals surface area contributed by atoms with Crippen molar-refractivity contribution in [2.24, 2.45) is 0 Å². The zero-order valence-corrected chi connectivity index (χ0v) is 10.5. The Morgan fingerprint density at radius 2 is 2.47 bits per heavy atom. The molecule has 0 aliphatic carbocycles. The van der Waals surface area contributed by atoms with E-state index in [1.54, 1.807) is 12.4 Å². The molecule has 0 aromatic carbocycles. The number of amides is 1. The van der Waals surface area contributed by atoms with Crippen molar-refractivity contribution in [3.63, 3.8) is 0 Å². The Morgan fingerprint density at radius 3 is 3.21 bits per heavy atom. The van der Waals surface area contributed by atoms with Crippen molar-refractivity contribution < 1.29 is 4.79 Å². The van der Waals surface area contributed by atoms with Crippen LogP contribution in [0.25, 0.3) is 10.7 Å². The molecule has 0 fully saturated rings. The van der Waals surface area contributed by atoms with Crippen molar-refractivity contribution in [3.8, 4) is 10.7 Å². The minimum Gasteiger partial charge on any atom is -0.331 e. The van der Waals surface area contributed by atoms with Crippen LogP contribution < -0.4 is 5.32 Å². The molecule has 1 amide bonds. The number of carbonyl (C=O) groups is 1. The van der Waals surface area contributed by atoms with Gasteiger partial charge in [0.15, 0.2) is 0 Å². The molecule has 0 spiro atoms. The van der Waals surface area contributed by atoms with Crippen LogP contribution in [0.5, 0.6) is 0 Å². The van der Waals surface area contributed by atoms with E-state index in [0.29, 0.717) is 11.8 Å². The fraction of sp³-hybridized carbons (Fsp3) is 0.100. The number of nitrogens with zero attached hydrogens (tertiary/aromatic N) is 5. The highest BCUT2D eigenvalue weighted by atomic mass is 32.1. The van der Waals surface area contributed by atoms with Crippen LogP contribution in [0, 0.1) is 0 Å². The van der Waals surface area contributed by atoms with E-state index in [4.69, 9.17) is 0 Å². The number of imidazole rings is 1. The van der Waals surface area contributed by atoms with Gasteiger partial charge in [0.1, 0.15) is 6.54 Å². The molecule has 0 aliphatic rings. The van der Waals surface area contributed by atoms with Gasteiger partial charge in [-0.2, -0.15) is 4.80 Å². The van der Waals surface area contributed by atoms with Gasteiger partial charge in [-0.3, -0.25) is 10.1 Å². The van der Waals surface area contributed by atoms with Gasteiger partial charge < -0.3 is 4.98 Å². The second kappa shape index (κ2) is 4.98. The lowest BCUT2D eigenvalue weighted by molar-refractivity contribution is -0.117. The van der Waals surface area contributed by atoms with Gasteiger partial charge in [-0.15, -0.1) is 21.5 Å². The van der Waals surface area contributed by atoms with E-state index in [1.807, 2.05) is 17.5 Å². The Hall–Kier alpha value is -2.55. The van der Waals surface area contributed by atoms with Gasteiger partial charge in [-0.25, -0.2) is 4.98 Å². The molecule has 0 bridgehead atoms. The molecule has 96 valence electrons. The molecule has 0 radical (unpaired) electrons. The number of aromatic nitrogens is 6. The lowest BCUT2D eigenvalue weighted by Crippen LogP contribution is -2.21. The zero-order valence-electron chi connectivity index (χ0n) is 9.65. The van der Waals surface area contributed by atoms with Crippen molar-refractivity contribution >= 4 is 23.2 Å². The van der Waals surface area contributed by atoms with Crippen molar-refractivity contribution in [2.45, 2.75) is 6.54 Å². The summed E-state index contributed by atoms with van der Waals surface area (Å²) in [7, 11) is 0. The average molecular weight is 275 g/mol. The average Bonchev–Trinajstić information content (AvgIpc) is 3.09. The summed E-state index contributed by atoms with van der Waals surface area (Å²) in [6, 6.07) is 3.80. The van der Waals surface area contributed by atoms with Crippen LogP contribution >= 0.6 is 11.3 Å². The van der Waals surface area contributed by atoms with E-state index >= 15 is 0 Å². The summed E-state index contributed by atoms with van der Waals surface area (Å²) in [4.78, 5) is 20.5. The molecule has 3 heterocycles. The molecular formula is C10H9N7OS. The molecular weight excluding hydrogens is 266 g/mol. The van der Waals surface area contributed by atoms with Crippen LogP contribution in [0.15, 0.2) is 29.9 Å². The van der Waals surface area contributed by atoms with Crippen LogP contribution in [0.3, 0.4) is 0 Å². The maximum Gasteiger partial charge on any atom is 0.250 e. The molecule has 3 aromatic heterocycles. The summed E-state index contributed by atoms with van der Waals surface area (Å²) in [5, 5.41) is 16.4. The third-order valence-electron chi connectivity index (χ3n) is 2.24. The second-order valence-electron chi connectivity index (χ2n) is 3.61. The SMILES string of the molecule is O=C(Cn1nnc(-c2cccs2)n1)Nc1ncc[nH]1. The summed E-state index contributed by atoms with van der Waals surface area (Å²) >= 11 is 1.52. The van der Waals surface area contributed by atoms with Crippen LogP contribution in [-0.2, 0) is 11.3 Å². The molecule has 0 atom stereocenters. The molecule has 3 aromatic rings. The van der Waals surface area contributed by atoms with Crippen LogP contribution in [0.4, 0.5) is 5.95 Å². The quantitative estimate of drug-likeness (QED) is 0.732. The van der Waals surface area contributed by atoms with E-state index in [1.165, 1.54) is 16.1 Å². The van der Waals surface area contributed by atoms with Gasteiger partial charge in [0, 0.05) is 12.4 Å². The number of rotatable bonds is 4. The maximum atomic E-state index is 11.7. The molecule has 0 unspecified atom stereocenters. The number of aromatic amines is 1. The van der Waals surface area contributed by atoms with Gasteiger partial charge in [0.25, 0.3) is 0 Å². The minimum atomic E-state index is -0.273. The van der Waals surface area contributed by atoms with E-state index in [-0.39, 0.29) is 12.5 Å². The summed E-state index contributed by atoms with van der Waals surface area (Å²) in [5.41, 5.74) is 0. The Kier molecular flexibility index (Phi) is 3.02. The van der Waals surface area contributed by atoms with Crippen molar-refractivity contribution in [2.75, 3.05) is 5.32 Å². The Labute approximate surface area is 111 Å². The third-order valence-corrected chi connectivity index (χ3v) is 3.10. The highest BCUT2D eigenvalue weighted by Crippen LogP contribution is 2.19. The lowest BCUT2D eigenvalue weighted by atomic mass is 10.5. The highest BCUT2D eigenvalue weighted by molar-refractivity contribution is 7.13. The normalized spacial score (nSPS) is 10.5. The first-order valence-electron chi connectivity index (χ1n) is 5.42. The van der Waals surface area contributed by atoms with Crippen LogP contribution in [0.2, 0.25) is 0 Å². The van der Waals surface area contributed by atoms with Gasteiger partial charge in [-0.1, -0.05) is 6.07 Å². The van der Waals surface area contributed by atoms with Gasteiger partial charge in [0.2, 0.25) is 17.7 Å². The fourth-order valence-electron chi connectivity index (χ4n) is 1.45. The smallest absolute Gasteiger partial charge is 0.250 e. The summed E-state index contributed by atoms with van der Waals surface area (Å²) in [5.74, 6) is 0.634. The predicted octanol–water partition coefficient (Wildman–Crippen LogP) is 0.763. The number of tetrazole rings is 1. The van der Waals surface area contributed by atoms with Crippen LogP contribution in [0.1, 0.15) is 0 Å². The number of hydrogen-bond acceptors (Lipinski definition) is 6. The topological polar surface area (TPSA) is 101 Å². The van der Waals surface area contributed by atoms with E-state index in [2.05, 4.69) is 30.7 Å². The monoisotopic (exact) mass is 275 g/mol. The van der Waals surface area contributed by atoms with Gasteiger partial charge in [0.05, 0.1) is 4.88 Å². The van der Waals surface area contributed by atoms with Crippen LogP contribution in [-0.4, -0.2) is 36.1 Å². The van der Waals surface area contributed by atoms with Gasteiger partial charge >= 0.3 is 0 Å². The first kappa shape index (κ1) is 11.5. The van der Waals surface area contributed by atoms with E-state index < -0.39 is 0 Å². The molecule has 0 saturated carbocycles. The number of carbonyl (C=O) groups excluding carboxylic acids is 1. The molecule has 0 aliphatic heterocycles. The van der Waals surface area contributed by atoms with Gasteiger partial charge in [-0.05, 0) is 16.7 Å². The standard InChI is InChI=1S/C10H9N7OS/c18-8(13-10-11-3-4-12-10)6-17-15-9(14-16-17)7-2-1-5-19-7/h1-5H,6H2,(H2,11,12,13,18). The fourth-order valence-corrected chi connectivity index (χ4v) is 2.10. The van der Waals surface area contributed by atoms with E-state index in [9.17, 15) is 4.79 Å². The molecule has 8 nitrogen and oxygen atoms in total. The summed E-state index contributed by atoms with van der Waals surface area (Å²) in [6.45, 7) is -0.0148. The maximum absolute atomic E-state index is 11.7. The Morgan fingerprint density at radius 1 is 1.53 bits per heavy atom. The van der Waals surface area contributed by atoms with E-state index in [0.717, 1.165) is 4.88 Å². The Bertz CT molecular complexity index is 658. The Balaban J connectivity index is 1.65. The zero-order chi connectivity index (χ0) is 13.1. The number of nitrogens with one attached hydrogen (secondary N) is 2. The molecule has 0 saturated heterocycles. The van der Waals surface area contributed by atoms with Crippen molar-refractivity contribution in [1.82, 2.24) is 30.2 Å². The lowest BCUT2D eigenvalue weighted by Gasteiger charge is -1.99. The summed E-state index contributed by atoms with van der Waals surface area (Å²) < 4.78 is 0. The first-order valence-corrected chi connectivity index (χ1v) is 6.30. The highest BCUT2D eigenvalue weighted by Gasteiger charge is 2.10. The number of thiophene rings is 1. The third kappa shape index (κ3) is 2.65. The largest absolute Gasteiger partial charge is 0.331 e. The first-order chi connectivity index (χ1) is 9.31. The molecule has 2 N–H and O–H groups in total.